The number of hydrogen-bond donors (Lipinski definition) is 2. The Bertz CT molecular complexity index is 1840. The number of carbonyl (C=O) groups excluding carboxylic acids is 3. The van der Waals surface area contributed by atoms with Gasteiger partial charge in [0.2, 0.25) is 0 Å². The third kappa shape index (κ3) is 4.58. The number of fused-ring (bicyclic) bond motifs is 5. The molecule has 4 unspecified atom stereocenters. The van der Waals surface area contributed by atoms with Crippen molar-refractivity contribution in [1.82, 2.24) is 5.32 Å². The molecule has 8 bridgehead atoms. The van der Waals surface area contributed by atoms with E-state index >= 15 is 0 Å². The molecule has 0 radical (unpaired) electrons. The number of ether oxygens (including phenoxy) is 1. The zero-order chi connectivity index (χ0) is 32.3. The molecular formula is C35H34N4O6. The van der Waals surface area contributed by atoms with E-state index in [1.54, 1.807) is 13.0 Å². The van der Waals surface area contributed by atoms with Crippen LogP contribution in [0.25, 0.3) is 0 Å². The molecule has 5 heterocycles. The monoisotopic (exact) mass is 606 g/mol. The van der Waals surface area contributed by atoms with Crippen LogP contribution in [0.3, 0.4) is 0 Å². The average molecular weight is 607 g/mol. The fourth-order valence-corrected chi connectivity index (χ4v) is 7.11. The van der Waals surface area contributed by atoms with Crippen LogP contribution in [0.2, 0.25) is 0 Å². The molecule has 0 amide bonds. The molecule has 4 atom stereocenters. The second-order valence-electron chi connectivity index (χ2n) is 11.9. The summed E-state index contributed by atoms with van der Waals surface area (Å²) < 4.78 is 5.10. The molecule has 10 heteroatoms. The number of methoxy groups -OCH3 is 1. The van der Waals surface area contributed by atoms with Gasteiger partial charge < -0.3 is 20.0 Å². The van der Waals surface area contributed by atoms with Gasteiger partial charge in [-0.05, 0) is 61.6 Å². The highest BCUT2D eigenvalue weighted by Crippen LogP contribution is 2.47. The molecule has 10 nitrogen and oxygen atoms in total. The third-order valence-corrected chi connectivity index (χ3v) is 9.55. The van der Waals surface area contributed by atoms with Gasteiger partial charge in [0, 0.05) is 52.1 Å². The molecule has 45 heavy (non-hydrogen) atoms. The Labute approximate surface area is 260 Å². The van der Waals surface area contributed by atoms with E-state index in [1.807, 2.05) is 39.0 Å². The van der Waals surface area contributed by atoms with Crippen LogP contribution in [0.4, 0.5) is 0 Å². The van der Waals surface area contributed by atoms with Crippen LogP contribution in [-0.2, 0) is 23.9 Å². The van der Waals surface area contributed by atoms with E-state index in [-0.39, 0.29) is 18.8 Å². The minimum absolute atomic E-state index is 0.117. The number of ketones is 1. The molecule has 5 aliphatic heterocycles. The summed E-state index contributed by atoms with van der Waals surface area (Å²) in [6.07, 6.45) is 8.96. The maximum atomic E-state index is 14.0. The number of carboxylic acids is 1. The number of carboxylic acid groups (broad SMARTS) is 1. The smallest absolute Gasteiger partial charge is 0.321 e. The Hall–Kier alpha value is -4.99. The lowest BCUT2D eigenvalue weighted by molar-refractivity contribution is -0.146. The van der Waals surface area contributed by atoms with Gasteiger partial charge in [0.25, 0.3) is 0 Å². The van der Waals surface area contributed by atoms with E-state index in [2.05, 4.69) is 11.9 Å². The van der Waals surface area contributed by atoms with Gasteiger partial charge in [-0.1, -0.05) is 26.5 Å². The summed E-state index contributed by atoms with van der Waals surface area (Å²) in [5.41, 5.74) is 8.57. The van der Waals surface area contributed by atoms with E-state index in [4.69, 9.17) is 19.7 Å². The molecule has 6 rings (SSSR count). The van der Waals surface area contributed by atoms with E-state index < -0.39 is 35.5 Å². The number of esters is 1. The van der Waals surface area contributed by atoms with E-state index in [1.165, 1.54) is 7.11 Å². The van der Waals surface area contributed by atoms with Crippen molar-refractivity contribution in [2.45, 2.75) is 47.0 Å². The number of rotatable bonds is 7. The highest BCUT2D eigenvalue weighted by Gasteiger charge is 2.51. The predicted molar refractivity (Wildman–Crippen MR) is 169 cm³/mol. The molecule has 0 aromatic rings. The average Bonchev–Trinajstić information content (AvgIpc) is 3.76. The molecule has 230 valence electrons. The van der Waals surface area contributed by atoms with Crippen molar-refractivity contribution in [3.05, 3.63) is 92.8 Å². The number of hydrogen-bond acceptors (Lipinski definition) is 9. The molecule has 1 aliphatic carbocycles. The molecule has 0 aromatic carbocycles. The first-order valence-corrected chi connectivity index (χ1v) is 15.0. The number of allylic oxidation sites excluding steroid dienone is 10. The van der Waals surface area contributed by atoms with Gasteiger partial charge in [-0.25, -0.2) is 9.98 Å². The number of carbonyl (C=O) groups is 4. The zero-order valence-electron chi connectivity index (χ0n) is 25.9. The topological polar surface area (TPSA) is 147 Å². The first-order chi connectivity index (χ1) is 21.5. The van der Waals surface area contributed by atoms with Crippen molar-refractivity contribution >= 4 is 41.1 Å². The normalized spacial score (nSPS) is 26.8. The SMILES string of the molecule is C=CC1=C(C)C2=CC3=NC(=C4C5=NC(=CC6=C(CC)C(C=O)C(=CC1=N2)N6)C(C)=C5C(=O)C4C(=O)OC)C(CCC(=O)O)C3C. The van der Waals surface area contributed by atoms with Gasteiger partial charge in [-0.2, -0.15) is 0 Å². The van der Waals surface area contributed by atoms with E-state index in [0.717, 1.165) is 23.0 Å². The lowest BCUT2D eigenvalue weighted by Crippen LogP contribution is -2.25. The molecule has 0 saturated heterocycles. The Kier molecular flexibility index (Phi) is 7.46. The Morgan fingerprint density at radius 3 is 2.49 bits per heavy atom. The number of aliphatic carboxylic acids is 1. The molecule has 6 aliphatic rings. The van der Waals surface area contributed by atoms with Gasteiger partial charge in [0.1, 0.15) is 12.2 Å². The van der Waals surface area contributed by atoms with Crippen LogP contribution in [0, 0.1) is 23.7 Å². The molecule has 1 saturated carbocycles. The lowest BCUT2D eigenvalue weighted by Gasteiger charge is -2.19. The first kappa shape index (κ1) is 30.1. The maximum absolute atomic E-state index is 14.0. The number of aliphatic imine (C=N–C) groups is 3. The fraction of sp³-hybridized carbons (Fsp3) is 0.343. The molecule has 0 spiro atoms. The largest absolute Gasteiger partial charge is 0.481 e. The van der Waals surface area contributed by atoms with Gasteiger partial charge >= 0.3 is 11.9 Å². The molecule has 1 fully saturated rings. The van der Waals surface area contributed by atoms with Crippen molar-refractivity contribution in [2.24, 2.45) is 38.6 Å². The van der Waals surface area contributed by atoms with Crippen molar-refractivity contribution < 1.29 is 29.0 Å². The van der Waals surface area contributed by atoms with Gasteiger partial charge in [-0.15, -0.1) is 0 Å². The van der Waals surface area contributed by atoms with Crippen LogP contribution in [0.1, 0.15) is 47.0 Å². The van der Waals surface area contributed by atoms with Crippen LogP contribution in [0.15, 0.2) is 108 Å². The second-order valence-corrected chi connectivity index (χ2v) is 11.9. The third-order valence-electron chi connectivity index (χ3n) is 9.55. The molecule has 2 N–H and O–H groups in total. The lowest BCUT2D eigenvalue weighted by atomic mass is 9.83. The van der Waals surface area contributed by atoms with Crippen LogP contribution in [0.5, 0.6) is 0 Å². The fourth-order valence-electron chi connectivity index (χ4n) is 7.11. The Morgan fingerprint density at radius 2 is 1.84 bits per heavy atom. The Balaban J connectivity index is 1.69. The van der Waals surface area contributed by atoms with Crippen molar-refractivity contribution in [3.63, 3.8) is 0 Å². The quantitative estimate of drug-likeness (QED) is 0.243. The number of nitrogens with one attached hydrogen (secondary N) is 1. The highest BCUT2D eigenvalue weighted by atomic mass is 16.5. The summed E-state index contributed by atoms with van der Waals surface area (Å²) in [5, 5.41) is 13.0. The van der Waals surface area contributed by atoms with Crippen LogP contribution in [-0.4, -0.2) is 53.4 Å². The standard InChI is InChI=1S/C35H34N4O6/c1-7-18-15(3)22-11-23-16(4)20(9-10-28(41)42)32(38-23)30-31(35(44)45-6)34(43)29-17(5)24(39-33(29)30)12-26-19(8-2)21(14-40)27(37-26)13-25(18)36-22/h7,11-14,16,20-21,31,37H,1,8-10H2,2-6H3,(H,41,42). The van der Waals surface area contributed by atoms with Crippen molar-refractivity contribution in [3.8, 4) is 0 Å². The van der Waals surface area contributed by atoms with E-state index in [9.17, 15) is 24.3 Å². The van der Waals surface area contributed by atoms with Crippen molar-refractivity contribution in [2.75, 3.05) is 7.11 Å². The molecular weight excluding hydrogens is 572 g/mol. The minimum Gasteiger partial charge on any atom is -0.481 e. The second kappa shape index (κ2) is 11.2. The number of Topliss-reactive ketones (excluding diaryl/α,β-unsaturated/α-hetero) is 1. The maximum Gasteiger partial charge on any atom is 0.321 e. The van der Waals surface area contributed by atoms with Crippen molar-refractivity contribution in [1.29, 1.82) is 0 Å². The summed E-state index contributed by atoms with van der Waals surface area (Å²) in [6, 6.07) is 0. The van der Waals surface area contributed by atoms with Crippen LogP contribution < -0.4 is 5.32 Å². The van der Waals surface area contributed by atoms with Gasteiger partial charge in [-0.3, -0.25) is 19.4 Å². The van der Waals surface area contributed by atoms with Crippen LogP contribution >= 0.6 is 0 Å². The Morgan fingerprint density at radius 1 is 1.11 bits per heavy atom. The minimum atomic E-state index is -1.27. The van der Waals surface area contributed by atoms with Gasteiger partial charge in [0.05, 0.1) is 41.5 Å². The van der Waals surface area contributed by atoms with Gasteiger partial charge in [0.15, 0.2) is 5.78 Å². The summed E-state index contributed by atoms with van der Waals surface area (Å²) in [4.78, 5) is 66.2. The van der Waals surface area contributed by atoms with E-state index in [0.29, 0.717) is 68.8 Å². The summed E-state index contributed by atoms with van der Waals surface area (Å²) in [6.45, 7) is 11.7. The molecule has 0 aromatic heterocycles. The number of nitrogens with zero attached hydrogens (tertiary/aromatic N) is 3. The first-order valence-electron chi connectivity index (χ1n) is 15.0. The number of aldehydes is 1. The highest BCUT2D eigenvalue weighted by molar-refractivity contribution is 6.42. The predicted octanol–water partition coefficient (Wildman–Crippen LogP) is 4.66. The zero-order valence-corrected chi connectivity index (χ0v) is 25.9. The summed E-state index contributed by atoms with van der Waals surface area (Å²) in [7, 11) is 1.23. The summed E-state index contributed by atoms with van der Waals surface area (Å²) >= 11 is 0. The summed E-state index contributed by atoms with van der Waals surface area (Å²) in [5.74, 6) is -4.52.